The Kier molecular flexibility index (Phi) is 8.61. The number of fused-ring (bicyclic) bond motifs is 1. The van der Waals surface area contributed by atoms with E-state index in [2.05, 4.69) is 5.32 Å². The van der Waals surface area contributed by atoms with E-state index in [9.17, 15) is 14.0 Å². The molecule has 210 valence electrons. The van der Waals surface area contributed by atoms with E-state index < -0.39 is 0 Å². The predicted molar refractivity (Wildman–Crippen MR) is 157 cm³/mol. The number of hydrogen-bond acceptors (Lipinski definition) is 5. The van der Waals surface area contributed by atoms with Gasteiger partial charge in [-0.25, -0.2) is 9.07 Å². The number of ether oxygens (including phenoxy) is 1. The first-order valence-electron chi connectivity index (χ1n) is 13.4. The van der Waals surface area contributed by atoms with Gasteiger partial charge in [-0.1, -0.05) is 54.1 Å². The van der Waals surface area contributed by atoms with Crippen molar-refractivity contribution in [3.63, 3.8) is 0 Å². The van der Waals surface area contributed by atoms with Gasteiger partial charge in [0, 0.05) is 23.7 Å². The van der Waals surface area contributed by atoms with Crippen molar-refractivity contribution in [3.8, 4) is 5.69 Å². The van der Waals surface area contributed by atoms with Crippen LogP contribution in [0, 0.1) is 5.82 Å². The number of amides is 1. The van der Waals surface area contributed by atoms with Gasteiger partial charge in [0.15, 0.2) is 5.69 Å². The molecule has 0 spiro atoms. The normalized spacial score (nSPS) is 14.9. The van der Waals surface area contributed by atoms with Gasteiger partial charge in [0.2, 0.25) is 0 Å². The maximum Gasteiger partial charge on any atom is 0.320 e. The number of hydrogen-bond donors (Lipinski definition) is 1. The summed E-state index contributed by atoms with van der Waals surface area (Å²) in [6, 6.07) is 22.8. The van der Waals surface area contributed by atoms with Crippen LogP contribution in [-0.2, 0) is 16.1 Å². The van der Waals surface area contributed by atoms with Gasteiger partial charge in [0.25, 0.3) is 5.91 Å². The summed E-state index contributed by atoms with van der Waals surface area (Å²) >= 11 is 6.17. The Labute approximate surface area is 243 Å². The van der Waals surface area contributed by atoms with Crippen molar-refractivity contribution in [2.24, 2.45) is 0 Å². The molecule has 7 nitrogen and oxygen atoms in total. The zero-order valence-electron chi connectivity index (χ0n) is 22.8. The van der Waals surface area contributed by atoms with E-state index in [1.54, 1.807) is 35.9 Å². The fourth-order valence-corrected chi connectivity index (χ4v) is 5.07. The molecule has 0 bridgehead atoms. The highest BCUT2D eigenvalue weighted by Gasteiger charge is 2.33. The molecule has 0 radical (unpaired) electrons. The van der Waals surface area contributed by atoms with E-state index in [1.165, 1.54) is 12.1 Å². The largest absolute Gasteiger partial charge is 0.465 e. The second kappa shape index (κ2) is 12.5. The molecule has 0 saturated carbocycles. The van der Waals surface area contributed by atoms with Crippen LogP contribution < -0.4 is 5.32 Å². The maximum atomic E-state index is 13.8. The van der Waals surface area contributed by atoms with Crippen LogP contribution >= 0.6 is 11.6 Å². The van der Waals surface area contributed by atoms with Crippen molar-refractivity contribution >= 4 is 35.1 Å². The monoisotopic (exact) mass is 572 g/mol. The number of esters is 1. The van der Waals surface area contributed by atoms with E-state index in [-0.39, 0.29) is 42.6 Å². The molecule has 1 aromatic heterocycles. The lowest BCUT2D eigenvalue weighted by Crippen LogP contribution is -2.36. The van der Waals surface area contributed by atoms with Crippen LogP contribution in [0.5, 0.6) is 0 Å². The lowest BCUT2D eigenvalue weighted by molar-refractivity contribution is -0.144. The Morgan fingerprint density at radius 2 is 1.76 bits per heavy atom. The molecule has 0 aliphatic carbocycles. The molecular weight excluding hydrogens is 543 g/mol. The van der Waals surface area contributed by atoms with Crippen molar-refractivity contribution < 1.29 is 18.7 Å². The molecule has 1 amide bonds. The van der Waals surface area contributed by atoms with Crippen molar-refractivity contribution in [2.45, 2.75) is 26.4 Å². The van der Waals surface area contributed by atoms with Gasteiger partial charge in [-0.3, -0.25) is 14.5 Å². The Bertz CT molecular complexity index is 1570. The SMILES string of the molecule is CCOC(=O)CN1CC(=Cc2ccc(F)cc2)c2c(c(C(=O)N[C@H](C)c3ccccc3)nn2-c2ccc(Cl)cc2)C1. The summed E-state index contributed by atoms with van der Waals surface area (Å²) in [7, 11) is 0. The van der Waals surface area contributed by atoms with E-state index in [4.69, 9.17) is 21.4 Å². The standard InChI is InChI=1S/C32H30ClFN4O3/c1-3-41-29(39)20-37-18-24(17-22-9-13-26(34)14-10-22)31-28(19-37)30(36-38(31)27-15-11-25(33)12-16-27)32(40)35-21(2)23-7-5-4-6-8-23/h4-17,21H,3,18-20H2,1-2H3,(H,35,40)/t21-/m1/s1. The number of rotatable bonds is 8. The average molecular weight is 573 g/mol. The molecular formula is C32H30ClFN4O3. The van der Waals surface area contributed by atoms with Crippen LogP contribution in [0.25, 0.3) is 17.3 Å². The molecule has 1 N–H and O–H groups in total. The minimum atomic E-state index is -0.356. The highest BCUT2D eigenvalue weighted by molar-refractivity contribution is 6.30. The number of nitrogens with one attached hydrogen (secondary N) is 1. The van der Waals surface area contributed by atoms with Crippen molar-refractivity contribution in [2.75, 3.05) is 19.7 Å². The van der Waals surface area contributed by atoms with E-state index >= 15 is 0 Å². The summed E-state index contributed by atoms with van der Waals surface area (Å²) in [4.78, 5) is 28.1. The molecule has 4 aromatic rings. The van der Waals surface area contributed by atoms with Crippen molar-refractivity contribution in [1.29, 1.82) is 0 Å². The highest BCUT2D eigenvalue weighted by atomic mass is 35.5. The minimum absolute atomic E-state index is 0.0433. The van der Waals surface area contributed by atoms with Crippen molar-refractivity contribution in [1.82, 2.24) is 20.0 Å². The second-order valence-corrected chi connectivity index (χ2v) is 10.3. The number of nitrogens with zero attached hydrogens (tertiary/aromatic N) is 3. The van der Waals surface area contributed by atoms with Gasteiger partial charge in [-0.2, -0.15) is 5.10 Å². The summed E-state index contributed by atoms with van der Waals surface area (Å²) < 4.78 is 20.6. The number of carbonyl (C=O) groups excluding carboxylic acids is 2. The zero-order chi connectivity index (χ0) is 28.9. The zero-order valence-corrected chi connectivity index (χ0v) is 23.6. The molecule has 1 atom stereocenters. The smallest absolute Gasteiger partial charge is 0.320 e. The predicted octanol–water partition coefficient (Wildman–Crippen LogP) is 6.08. The summed E-state index contributed by atoms with van der Waals surface area (Å²) in [6.07, 6.45) is 1.93. The van der Waals surface area contributed by atoms with Gasteiger partial charge in [-0.15, -0.1) is 0 Å². The summed E-state index contributed by atoms with van der Waals surface area (Å²) in [5.41, 5.74) is 4.97. The number of carbonyl (C=O) groups is 2. The average Bonchev–Trinajstić information content (AvgIpc) is 3.35. The Balaban J connectivity index is 1.62. The van der Waals surface area contributed by atoms with E-state index in [1.807, 2.05) is 60.4 Å². The van der Waals surface area contributed by atoms with Crippen LogP contribution in [0.4, 0.5) is 4.39 Å². The first-order chi connectivity index (χ1) is 19.8. The van der Waals surface area contributed by atoms with Gasteiger partial charge in [0.1, 0.15) is 5.82 Å². The Hall–Kier alpha value is -4.27. The highest BCUT2D eigenvalue weighted by Crippen LogP contribution is 2.34. The van der Waals surface area contributed by atoms with Gasteiger partial charge in [-0.05, 0) is 73.0 Å². The molecule has 3 aromatic carbocycles. The Morgan fingerprint density at radius 3 is 2.44 bits per heavy atom. The molecule has 1 aliphatic rings. The fourth-order valence-electron chi connectivity index (χ4n) is 4.94. The number of benzene rings is 3. The first-order valence-corrected chi connectivity index (χ1v) is 13.8. The minimum Gasteiger partial charge on any atom is -0.465 e. The van der Waals surface area contributed by atoms with Crippen molar-refractivity contribution in [3.05, 3.63) is 118 Å². The number of halogens is 2. The van der Waals surface area contributed by atoms with E-state index in [0.717, 1.165) is 28.1 Å². The quantitative estimate of drug-likeness (QED) is 0.259. The van der Waals surface area contributed by atoms with Crippen LogP contribution in [0.15, 0.2) is 78.9 Å². The van der Waals surface area contributed by atoms with Gasteiger partial charge < -0.3 is 10.1 Å². The lowest BCUT2D eigenvalue weighted by Gasteiger charge is -2.29. The fraction of sp³-hybridized carbons (Fsp3) is 0.219. The molecule has 41 heavy (non-hydrogen) atoms. The summed E-state index contributed by atoms with van der Waals surface area (Å²) in [5.74, 6) is -1.02. The third-order valence-corrected chi connectivity index (χ3v) is 7.12. The third kappa shape index (κ3) is 6.56. The van der Waals surface area contributed by atoms with E-state index in [0.29, 0.717) is 23.7 Å². The number of aromatic nitrogens is 2. The van der Waals surface area contributed by atoms with Crippen LogP contribution in [0.2, 0.25) is 5.02 Å². The van der Waals surface area contributed by atoms with Crippen LogP contribution in [0.3, 0.4) is 0 Å². The second-order valence-electron chi connectivity index (χ2n) is 9.84. The molecule has 9 heteroatoms. The summed E-state index contributed by atoms with van der Waals surface area (Å²) in [5, 5.41) is 8.46. The topological polar surface area (TPSA) is 76.5 Å². The molecule has 0 unspecified atom stereocenters. The molecule has 0 fully saturated rings. The van der Waals surface area contributed by atoms with Crippen LogP contribution in [0.1, 0.15) is 52.8 Å². The van der Waals surface area contributed by atoms with Gasteiger partial charge in [0.05, 0.1) is 30.6 Å². The molecule has 1 aliphatic heterocycles. The summed E-state index contributed by atoms with van der Waals surface area (Å²) in [6.45, 7) is 4.70. The molecule has 2 heterocycles. The molecule has 0 saturated heterocycles. The van der Waals surface area contributed by atoms with Crippen LogP contribution in [-0.4, -0.2) is 46.3 Å². The Morgan fingerprint density at radius 1 is 1.05 bits per heavy atom. The van der Waals surface area contributed by atoms with Gasteiger partial charge >= 0.3 is 5.97 Å². The third-order valence-electron chi connectivity index (χ3n) is 6.87. The lowest BCUT2D eigenvalue weighted by atomic mass is 9.97. The first kappa shape index (κ1) is 28.3. The maximum absolute atomic E-state index is 13.8. The molecule has 5 rings (SSSR count).